The Morgan fingerprint density at radius 3 is 2.77 bits per heavy atom. The number of carbonyl (C=O) groups excluding carboxylic acids is 1. The molecule has 2 aliphatic carbocycles. The highest BCUT2D eigenvalue weighted by Gasteiger charge is 2.41. The molecule has 2 atom stereocenters. The van der Waals surface area contributed by atoms with Crippen molar-refractivity contribution in [3.8, 4) is 10.9 Å². The van der Waals surface area contributed by atoms with Gasteiger partial charge >= 0.3 is 6.09 Å². The van der Waals surface area contributed by atoms with Crippen molar-refractivity contribution in [2.24, 2.45) is 5.92 Å². The quantitative estimate of drug-likeness (QED) is 0.693. The molecule has 1 saturated carbocycles. The summed E-state index contributed by atoms with van der Waals surface area (Å²) >= 11 is 1.69. The van der Waals surface area contributed by atoms with Crippen LogP contribution in [0.5, 0.6) is 10.9 Å². The van der Waals surface area contributed by atoms with Crippen LogP contribution in [0.4, 0.5) is 4.79 Å². The predicted octanol–water partition coefficient (Wildman–Crippen LogP) is 4.73. The van der Waals surface area contributed by atoms with Gasteiger partial charge in [-0.25, -0.2) is 9.78 Å². The molecule has 1 amide bonds. The summed E-state index contributed by atoms with van der Waals surface area (Å²) in [5.41, 5.74) is 2.36. The van der Waals surface area contributed by atoms with Gasteiger partial charge in [0, 0.05) is 43.5 Å². The van der Waals surface area contributed by atoms with E-state index in [2.05, 4.69) is 34.2 Å². The number of hydrogen-bond donors (Lipinski definition) is 0. The van der Waals surface area contributed by atoms with Crippen molar-refractivity contribution in [1.82, 2.24) is 14.8 Å². The molecule has 0 radical (unpaired) electrons. The summed E-state index contributed by atoms with van der Waals surface area (Å²) in [6.45, 7) is 2.86. The van der Waals surface area contributed by atoms with Crippen molar-refractivity contribution in [1.29, 1.82) is 0 Å². The van der Waals surface area contributed by atoms with Crippen LogP contribution in [0, 0.1) is 5.92 Å². The lowest BCUT2D eigenvalue weighted by atomic mass is 10.0. The zero-order valence-electron chi connectivity index (χ0n) is 17.4. The van der Waals surface area contributed by atoms with Crippen LogP contribution in [0.1, 0.15) is 41.3 Å². The molecule has 1 saturated heterocycles. The van der Waals surface area contributed by atoms with Crippen molar-refractivity contribution >= 4 is 23.5 Å². The maximum atomic E-state index is 11.7. The molecule has 1 aromatic carbocycles. The summed E-state index contributed by atoms with van der Waals surface area (Å²) in [4.78, 5) is 21.9. The molecule has 2 aromatic rings. The number of benzene rings is 1. The fourth-order valence-corrected chi connectivity index (χ4v) is 5.59. The first kappa shape index (κ1) is 19.6. The van der Waals surface area contributed by atoms with Crippen LogP contribution in [-0.2, 0) is 11.3 Å². The number of nitrogens with zero attached hydrogens (tertiary/aromatic N) is 3. The van der Waals surface area contributed by atoms with E-state index in [1.807, 2.05) is 19.2 Å². The molecule has 1 aliphatic heterocycles. The highest BCUT2D eigenvalue weighted by atomic mass is 32.1. The number of rotatable bonds is 5. The Morgan fingerprint density at radius 1 is 1.27 bits per heavy atom. The van der Waals surface area contributed by atoms with Gasteiger partial charge in [-0.3, -0.25) is 4.90 Å². The third-order valence-electron chi connectivity index (χ3n) is 6.44. The van der Waals surface area contributed by atoms with Crippen molar-refractivity contribution in [2.75, 3.05) is 27.2 Å². The SMILES string of the molecule is COC(=O)N(C)C1CCN(Cc2ccc(Oc3nc4c(s3)C3CC3C=C4)cc2)CC1. The molecule has 0 spiro atoms. The number of aromatic nitrogens is 1. The molecule has 158 valence electrons. The zero-order valence-corrected chi connectivity index (χ0v) is 18.2. The van der Waals surface area contributed by atoms with Crippen molar-refractivity contribution in [3.63, 3.8) is 0 Å². The van der Waals surface area contributed by atoms with Crippen LogP contribution in [0.3, 0.4) is 0 Å². The molecule has 30 heavy (non-hydrogen) atoms. The number of ether oxygens (including phenoxy) is 2. The summed E-state index contributed by atoms with van der Waals surface area (Å²) in [5, 5.41) is 0.738. The number of fused-ring (bicyclic) bond motifs is 3. The van der Waals surface area contributed by atoms with Gasteiger partial charge in [0.2, 0.25) is 0 Å². The Kier molecular flexibility index (Phi) is 5.25. The molecule has 6 nitrogen and oxygen atoms in total. The minimum Gasteiger partial charge on any atom is -0.453 e. The van der Waals surface area contributed by atoms with E-state index in [4.69, 9.17) is 9.47 Å². The van der Waals surface area contributed by atoms with E-state index in [1.54, 1.807) is 16.2 Å². The van der Waals surface area contributed by atoms with Crippen LogP contribution in [-0.4, -0.2) is 54.2 Å². The first-order chi connectivity index (χ1) is 14.6. The van der Waals surface area contributed by atoms with Gasteiger partial charge in [-0.1, -0.05) is 29.5 Å². The molecular formula is C23H27N3O3S. The average Bonchev–Trinajstić information content (AvgIpc) is 3.46. The molecule has 7 heteroatoms. The molecule has 1 aromatic heterocycles. The number of carbonyl (C=O) groups is 1. The molecular weight excluding hydrogens is 398 g/mol. The molecule has 2 heterocycles. The molecule has 2 fully saturated rings. The van der Waals surface area contributed by atoms with E-state index >= 15 is 0 Å². The van der Waals surface area contributed by atoms with E-state index in [-0.39, 0.29) is 12.1 Å². The topological polar surface area (TPSA) is 54.9 Å². The van der Waals surface area contributed by atoms with Gasteiger partial charge in [-0.15, -0.1) is 0 Å². The van der Waals surface area contributed by atoms with E-state index in [0.717, 1.165) is 55.0 Å². The lowest BCUT2D eigenvalue weighted by molar-refractivity contribution is 0.0896. The number of likely N-dealkylation sites (tertiary alicyclic amines) is 1. The molecule has 5 rings (SSSR count). The van der Waals surface area contributed by atoms with E-state index < -0.39 is 0 Å². The molecule has 0 N–H and O–H groups in total. The monoisotopic (exact) mass is 425 g/mol. The smallest absolute Gasteiger partial charge is 0.409 e. The van der Waals surface area contributed by atoms with Crippen molar-refractivity contribution in [3.05, 3.63) is 46.5 Å². The van der Waals surface area contributed by atoms with E-state index in [1.165, 1.54) is 24.0 Å². The third kappa shape index (κ3) is 3.96. The number of hydrogen-bond acceptors (Lipinski definition) is 6. The Morgan fingerprint density at radius 2 is 2.03 bits per heavy atom. The number of piperidine rings is 1. The normalized spacial score (nSPS) is 22.9. The molecule has 2 unspecified atom stereocenters. The number of allylic oxidation sites excluding steroid dienone is 1. The second-order valence-electron chi connectivity index (χ2n) is 8.43. The van der Waals surface area contributed by atoms with Gasteiger partial charge in [0.05, 0.1) is 12.8 Å². The summed E-state index contributed by atoms with van der Waals surface area (Å²) < 4.78 is 10.9. The van der Waals surface area contributed by atoms with Crippen molar-refractivity contribution < 1.29 is 14.3 Å². The first-order valence-electron chi connectivity index (χ1n) is 10.6. The van der Waals surface area contributed by atoms with Crippen molar-refractivity contribution in [2.45, 2.75) is 37.8 Å². The predicted molar refractivity (Wildman–Crippen MR) is 117 cm³/mol. The van der Waals surface area contributed by atoms with Gasteiger partial charge in [0.25, 0.3) is 5.19 Å². The summed E-state index contributed by atoms with van der Waals surface area (Å²) in [6, 6.07) is 8.58. The Balaban J connectivity index is 1.14. The molecule has 3 aliphatic rings. The second-order valence-corrected chi connectivity index (χ2v) is 9.42. The highest BCUT2D eigenvalue weighted by Crippen LogP contribution is 2.55. The maximum absolute atomic E-state index is 11.7. The van der Waals surface area contributed by atoms with Gasteiger partial charge in [0.15, 0.2) is 0 Å². The number of methoxy groups -OCH3 is 1. The Bertz CT molecular complexity index is 947. The van der Waals surface area contributed by atoms with Gasteiger partial charge in [-0.2, -0.15) is 0 Å². The molecule has 0 bridgehead atoms. The number of amides is 1. The van der Waals surface area contributed by atoms with Crippen LogP contribution in [0.25, 0.3) is 6.08 Å². The van der Waals surface area contributed by atoms with Crippen LogP contribution in [0.15, 0.2) is 30.3 Å². The fourth-order valence-electron chi connectivity index (χ4n) is 4.47. The van der Waals surface area contributed by atoms with Crippen LogP contribution < -0.4 is 4.74 Å². The largest absolute Gasteiger partial charge is 0.453 e. The summed E-state index contributed by atoms with van der Waals surface area (Å²) in [6.07, 6.45) is 7.37. The second kappa shape index (κ2) is 8.04. The Hall–Kier alpha value is -2.38. The lowest BCUT2D eigenvalue weighted by Gasteiger charge is -2.36. The third-order valence-corrected chi connectivity index (χ3v) is 7.52. The summed E-state index contributed by atoms with van der Waals surface area (Å²) in [5.74, 6) is 2.24. The first-order valence-corrected chi connectivity index (χ1v) is 11.4. The van der Waals surface area contributed by atoms with Gasteiger partial charge in [-0.05, 0) is 49.0 Å². The fraction of sp³-hybridized carbons (Fsp3) is 0.478. The highest BCUT2D eigenvalue weighted by molar-refractivity contribution is 7.13. The van der Waals surface area contributed by atoms with Gasteiger partial charge < -0.3 is 14.4 Å². The summed E-state index contributed by atoms with van der Waals surface area (Å²) in [7, 11) is 3.26. The number of thiazole rings is 1. The zero-order chi connectivity index (χ0) is 20.7. The van der Waals surface area contributed by atoms with Crippen LogP contribution >= 0.6 is 11.3 Å². The minimum atomic E-state index is -0.252. The van der Waals surface area contributed by atoms with E-state index in [9.17, 15) is 4.79 Å². The lowest BCUT2D eigenvalue weighted by Crippen LogP contribution is -2.45. The standard InChI is InChI=1S/C23H27N3O3S/c1-25(23(27)28-2)17-9-11-26(12-10-17)14-15-3-6-18(7-4-15)29-22-24-20-8-5-16-13-19(16)21(20)30-22/h3-8,16-17,19H,9-14H2,1-2H3. The van der Waals surface area contributed by atoms with Gasteiger partial charge in [0.1, 0.15) is 5.75 Å². The van der Waals surface area contributed by atoms with E-state index in [0.29, 0.717) is 5.92 Å². The minimum absolute atomic E-state index is 0.252. The van der Waals surface area contributed by atoms with Crippen LogP contribution in [0.2, 0.25) is 0 Å². The average molecular weight is 426 g/mol. The maximum Gasteiger partial charge on any atom is 0.409 e. The Labute approximate surface area is 181 Å².